The van der Waals surface area contributed by atoms with E-state index in [-0.39, 0.29) is 16.7 Å². The Morgan fingerprint density at radius 3 is 2.85 bits per heavy atom. The summed E-state index contributed by atoms with van der Waals surface area (Å²) < 4.78 is 1.76. The molecule has 0 spiro atoms. The van der Waals surface area contributed by atoms with Crippen molar-refractivity contribution in [1.29, 1.82) is 0 Å². The van der Waals surface area contributed by atoms with E-state index in [2.05, 4.69) is 5.10 Å². The van der Waals surface area contributed by atoms with Gasteiger partial charge in [0.25, 0.3) is 0 Å². The molecule has 3 rings (SSSR count). The summed E-state index contributed by atoms with van der Waals surface area (Å²) >= 11 is 2.25. The molecule has 1 aromatic carbocycles. The SMILES string of the molecule is CN(Cc1cnn(-c2ccccc2)c1)C(=O)CSc1ccsc1[N+](=O)[O-]. The Hall–Kier alpha value is -2.65. The van der Waals surface area contributed by atoms with Crippen LogP contribution < -0.4 is 0 Å². The number of para-hydroxylation sites is 1. The molecule has 0 aliphatic heterocycles. The zero-order valence-corrected chi connectivity index (χ0v) is 15.6. The molecule has 26 heavy (non-hydrogen) atoms. The highest BCUT2D eigenvalue weighted by Gasteiger charge is 2.18. The van der Waals surface area contributed by atoms with Gasteiger partial charge in [0.1, 0.15) is 0 Å². The van der Waals surface area contributed by atoms with Crippen LogP contribution >= 0.6 is 23.1 Å². The van der Waals surface area contributed by atoms with E-state index in [1.54, 1.807) is 34.3 Å². The lowest BCUT2D eigenvalue weighted by atomic mass is 10.3. The van der Waals surface area contributed by atoms with Crippen molar-refractivity contribution in [3.63, 3.8) is 0 Å². The molecule has 0 bridgehead atoms. The molecular weight excluding hydrogens is 372 g/mol. The Labute approximate surface area is 158 Å². The molecule has 134 valence electrons. The second kappa shape index (κ2) is 8.15. The van der Waals surface area contributed by atoms with Gasteiger partial charge in [-0.25, -0.2) is 4.68 Å². The van der Waals surface area contributed by atoms with E-state index >= 15 is 0 Å². The second-order valence-electron chi connectivity index (χ2n) is 5.51. The van der Waals surface area contributed by atoms with Gasteiger partial charge in [-0.1, -0.05) is 29.5 Å². The number of carbonyl (C=O) groups is 1. The number of benzene rings is 1. The molecule has 0 fully saturated rings. The second-order valence-corrected chi connectivity index (χ2v) is 7.43. The summed E-state index contributed by atoms with van der Waals surface area (Å²) in [5, 5.41) is 17.0. The van der Waals surface area contributed by atoms with Gasteiger partial charge >= 0.3 is 5.00 Å². The Morgan fingerprint density at radius 2 is 2.12 bits per heavy atom. The van der Waals surface area contributed by atoms with Crippen LogP contribution in [0.5, 0.6) is 0 Å². The average Bonchev–Trinajstić information content (AvgIpc) is 3.29. The van der Waals surface area contributed by atoms with E-state index in [4.69, 9.17) is 0 Å². The lowest BCUT2D eigenvalue weighted by molar-refractivity contribution is -0.382. The number of aromatic nitrogens is 2. The zero-order valence-electron chi connectivity index (χ0n) is 13.9. The number of carbonyl (C=O) groups excluding carboxylic acids is 1. The average molecular weight is 388 g/mol. The summed E-state index contributed by atoms with van der Waals surface area (Å²) in [6, 6.07) is 11.4. The van der Waals surface area contributed by atoms with E-state index in [0.29, 0.717) is 11.4 Å². The smallest absolute Gasteiger partial charge is 0.337 e. The summed E-state index contributed by atoms with van der Waals surface area (Å²) in [7, 11) is 1.71. The third kappa shape index (κ3) is 4.30. The minimum atomic E-state index is -0.417. The van der Waals surface area contributed by atoms with E-state index in [0.717, 1.165) is 22.6 Å². The highest BCUT2D eigenvalue weighted by Crippen LogP contribution is 2.34. The molecule has 9 heteroatoms. The largest absolute Gasteiger partial charge is 0.341 e. The van der Waals surface area contributed by atoms with E-state index < -0.39 is 4.92 Å². The minimum Gasteiger partial charge on any atom is -0.341 e. The molecule has 2 heterocycles. The maximum absolute atomic E-state index is 12.3. The first-order valence-corrected chi connectivity index (χ1v) is 9.58. The van der Waals surface area contributed by atoms with Crippen molar-refractivity contribution in [1.82, 2.24) is 14.7 Å². The van der Waals surface area contributed by atoms with Gasteiger partial charge in [-0.3, -0.25) is 14.9 Å². The molecule has 0 atom stereocenters. The molecule has 0 aliphatic rings. The van der Waals surface area contributed by atoms with Crippen molar-refractivity contribution in [2.75, 3.05) is 12.8 Å². The highest BCUT2D eigenvalue weighted by atomic mass is 32.2. The summed E-state index contributed by atoms with van der Waals surface area (Å²) in [5.41, 5.74) is 1.87. The molecule has 1 amide bonds. The lowest BCUT2D eigenvalue weighted by Gasteiger charge is -2.15. The van der Waals surface area contributed by atoms with E-state index in [1.807, 2.05) is 36.5 Å². The van der Waals surface area contributed by atoms with Gasteiger partial charge in [0, 0.05) is 25.4 Å². The van der Waals surface area contributed by atoms with Crippen LogP contribution in [0, 0.1) is 10.1 Å². The lowest BCUT2D eigenvalue weighted by Crippen LogP contribution is -2.27. The number of hydrogen-bond acceptors (Lipinski definition) is 6. The van der Waals surface area contributed by atoms with Gasteiger partial charge in [-0.05, 0) is 23.6 Å². The van der Waals surface area contributed by atoms with Gasteiger partial charge in [0.05, 0.1) is 27.5 Å². The number of rotatable bonds is 7. The van der Waals surface area contributed by atoms with Crippen LogP contribution in [0.4, 0.5) is 5.00 Å². The van der Waals surface area contributed by atoms with Gasteiger partial charge < -0.3 is 4.90 Å². The fourth-order valence-corrected chi connectivity index (χ4v) is 4.18. The first-order valence-electron chi connectivity index (χ1n) is 7.72. The molecule has 0 saturated heterocycles. The molecule has 7 nitrogen and oxygen atoms in total. The van der Waals surface area contributed by atoms with Crippen LogP contribution in [-0.4, -0.2) is 38.3 Å². The summed E-state index contributed by atoms with van der Waals surface area (Å²) in [5.74, 6) is 0.0592. The molecular formula is C17H16N4O3S2. The third-order valence-electron chi connectivity index (χ3n) is 3.63. The topological polar surface area (TPSA) is 81.3 Å². The van der Waals surface area contributed by atoms with Crippen molar-refractivity contribution in [3.05, 3.63) is 69.8 Å². The number of nitrogens with zero attached hydrogens (tertiary/aromatic N) is 4. The van der Waals surface area contributed by atoms with Crippen LogP contribution in [0.1, 0.15) is 5.56 Å². The van der Waals surface area contributed by atoms with Crippen molar-refractivity contribution in [3.8, 4) is 5.69 Å². The zero-order chi connectivity index (χ0) is 18.5. The van der Waals surface area contributed by atoms with Crippen molar-refractivity contribution < 1.29 is 9.72 Å². The summed E-state index contributed by atoms with van der Waals surface area (Å²) in [4.78, 5) is 24.9. The number of nitro groups is 1. The first-order chi connectivity index (χ1) is 12.5. The number of amides is 1. The maximum atomic E-state index is 12.3. The molecule has 2 aromatic heterocycles. The Morgan fingerprint density at radius 1 is 1.35 bits per heavy atom. The Kier molecular flexibility index (Phi) is 5.69. The molecule has 0 N–H and O–H groups in total. The van der Waals surface area contributed by atoms with Gasteiger partial charge in [-0.2, -0.15) is 5.10 Å². The molecule has 0 saturated carbocycles. The monoisotopic (exact) mass is 388 g/mol. The summed E-state index contributed by atoms with van der Waals surface area (Å²) in [6.07, 6.45) is 3.61. The summed E-state index contributed by atoms with van der Waals surface area (Å²) in [6.45, 7) is 0.429. The number of thioether (sulfide) groups is 1. The minimum absolute atomic E-state index is 0.0783. The van der Waals surface area contributed by atoms with Crippen LogP contribution in [0.25, 0.3) is 5.69 Å². The quantitative estimate of drug-likeness (QED) is 0.351. The van der Waals surface area contributed by atoms with E-state index in [9.17, 15) is 14.9 Å². The van der Waals surface area contributed by atoms with Crippen LogP contribution in [0.15, 0.2) is 59.1 Å². The molecule has 3 aromatic rings. The normalized spacial score (nSPS) is 10.7. The van der Waals surface area contributed by atoms with Gasteiger partial charge in [0.15, 0.2) is 0 Å². The van der Waals surface area contributed by atoms with Crippen LogP contribution in [0.2, 0.25) is 0 Å². The molecule has 0 radical (unpaired) electrons. The molecule has 0 aliphatic carbocycles. The molecule has 0 unspecified atom stereocenters. The number of thiophene rings is 1. The number of hydrogen-bond donors (Lipinski definition) is 0. The van der Waals surface area contributed by atoms with Crippen LogP contribution in [-0.2, 0) is 11.3 Å². The van der Waals surface area contributed by atoms with E-state index in [1.165, 1.54) is 11.8 Å². The van der Waals surface area contributed by atoms with Gasteiger partial charge in [0.2, 0.25) is 5.91 Å². The van der Waals surface area contributed by atoms with Crippen molar-refractivity contribution in [2.24, 2.45) is 0 Å². The van der Waals surface area contributed by atoms with Crippen molar-refractivity contribution in [2.45, 2.75) is 11.4 Å². The Balaban J connectivity index is 1.57. The third-order valence-corrected chi connectivity index (χ3v) is 5.65. The predicted molar refractivity (Wildman–Crippen MR) is 102 cm³/mol. The highest BCUT2D eigenvalue weighted by molar-refractivity contribution is 8.00. The standard InChI is InChI=1S/C17H16N4O3S2/c1-19(16(22)12-26-15-7-8-25-17(15)21(23)24)10-13-9-18-20(11-13)14-5-3-2-4-6-14/h2-9,11H,10,12H2,1H3. The predicted octanol–water partition coefficient (Wildman–Crippen LogP) is 3.59. The Bertz CT molecular complexity index is 908. The first kappa shape index (κ1) is 18.2. The fraction of sp³-hybridized carbons (Fsp3) is 0.176. The maximum Gasteiger partial charge on any atom is 0.337 e. The van der Waals surface area contributed by atoms with Crippen molar-refractivity contribution >= 4 is 34.0 Å². The fourth-order valence-electron chi connectivity index (χ4n) is 2.31. The van der Waals surface area contributed by atoms with Crippen LogP contribution in [0.3, 0.4) is 0 Å². The van der Waals surface area contributed by atoms with Gasteiger partial charge in [-0.15, -0.1) is 11.8 Å².